The van der Waals surface area contributed by atoms with Crippen LogP contribution < -0.4 is 9.47 Å². The van der Waals surface area contributed by atoms with Crippen molar-refractivity contribution in [2.45, 2.75) is 111 Å². The Morgan fingerprint density at radius 3 is 2.11 bits per heavy atom. The summed E-state index contributed by atoms with van der Waals surface area (Å²) in [4.78, 5) is 48.2. The third-order valence-corrected chi connectivity index (χ3v) is 6.73. The molecule has 0 aliphatic carbocycles. The number of nitrogens with zero attached hydrogens (tertiary/aromatic N) is 2. The fourth-order valence-electron chi connectivity index (χ4n) is 4.99. The number of ether oxygens (including phenoxy) is 7. The molecule has 1 aromatic heterocycles. The summed E-state index contributed by atoms with van der Waals surface area (Å²) in [6.07, 6.45) is -6.79. The first-order valence-corrected chi connectivity index (χ1v) is 14.7. The highest BCUT2D eigenvalue weighted by Gasteiger charge is 2.62. The van der Waals surface area contributed by atoms with Crippen molar-refractivity contribution in [3.05, 3.63) is 40.8 Å². The van der Waals surface area contributed by atoms with E-state index in [1.54, 1.807) is 31.5 Å². The summed E-state index contributed by atoms with van der Waals surface area (Å²) in [5.74, 6) is -7.02. The van der Waals surface area contributed by atoms with E-state index < -0.39 is 66.7 Å². The van der Waals surface area contributed by atoms with Crippen LogP contribution in [0.1, 0.15) is 78.3 Å². The Labute approximate surface area is 266 Å². The van der Waals surface area contributed by atoms with E-state index in [0.29, 0.717) is 16.8 Å². The summed E-state index contributed by atoms with van der Waals surface area (Å²) >= 11 is 0. The molecule has 14 nitrogen and oxygen atoms in total. The lowest BCUT2D eigenvalue weighted by atomic mass is 9.96. The van der Waals surface area contributed by atoms with E-state index in [4.69, 9.17) is 33.2 Å². The van der Waals surface area contributed by atoms with Crippen LogP contribution in [0, 0.1) is 12.7 Å². The van der Waals surface area contributed by atoms with E-state index in [9.17, 15) is 28.7 Å². The average Bonchev–Trinajstić information content (AvgIpc) is 3.22. The van der Waals surface area contributed by atoms with Gasteiger partial charge in [-0.05, 0) is 52.3 Å². The van der Waals surface area contributed by atoms with Gasteiger partial charge in [-0.1, -0.05) is 6.07 Å². The molecule has 0 saturated carbocycles. The van der Waals surface area contributed by atoms with Gasteiger partial charge in [0.05, 0.1) is 6.10 Å². The molecule has 254 valence electrons. The molecule has 1 aromatic carbocycles. The number of halogens is 1. The number of aromatic nitrogens is 2. The minimum Gasteiger partial charge on any atom is -0.488 e. The molecule has 1 fully saturated rings. The highest BCUT2D eigenvalue weighted by molar-refractivity contribution is 5.68. The van der Waals surface area contributed by atoms with Crippen molar-refractivity contribution in [3.8, 4) is 11.6 Å². The number of benzene rings is 1. The number of carbonyl (C=O) groups excluding carboxylic acids is 4. The molecule has 2 aromatic rings. The summed E-state index contributed by atoms with van der Waals surface area (Å²) in [6, 6.07) is 4.27. The zero-order chi connectivity index (χ0) is 34.5. The average molecular weight is 653 g/mol. The van der Waals surface area contributed by atoms with Crippen molar-refractivity contribution in [1.29, 1.82) is 0 Å². The SMILES string of the molecule is CC(=O)OC[C@H]1O[C@@](O)(Oc2nn(C(C)C)c(C)c2Cc2ccc(OC(C)C)c(F)c2)[C@H](OC(C)=O)[C@@H](OC(C)=O)[C@@H]1OC(C)=O. The number of hydrogen-bond donors (Lipinski definition) is 1. The molecule has 0 unspecified atom stereocenters. The zero-order valence-corrected chi connectivity index (χ0v) is 27.3. The number of hydrogen-bond acceptors (Lipinski definition) is 13. The predicted octanol–water partition coefficient (Wildman–Crippen LogP) is 3.07. The lowest BCUT2D eigenvalue weighted by Gasteiger charge is -2.47. The molecule has 0 radical (unpaired) electrons. The van der Waals surface area contributed by atoms with E-state index in [1.807, 2.05) is 13.8 Å². The number of aliphatic hydroxyl groups is 1. The second-order valence-corrected chi connectivity index (χ2v) is 11.4. The lowest BCUT2D eigenvalue weighted by Crippen LogP contribution is -2.70. The number of esters is 4. The maximum Gasteiger partial charge on any atom is 0.369 e. The quantitative estimate of drug-likeness (QED) is 0.202. The Hall–Kier alpha value is -4.24. The van der Waals surface area contributed by atoms with Gasteiger partial charge in [0.1, 0.15) is 12.7 Å². The highest BCUT2D eigenvalue weighted by atomic mass is 19.1. The van der Waals surface area contributed by atoms with Crippen LogP contribution in [0.3, 0.4) is 0 Å². The van der Waals surface area contributed by atoms with Crippen molar-refractivity contribution >= 4 is 23.9 Å². The van der Waals surface area contributed by atoms with E-state index in [0.717, 1.165) is 27.7 Å². The smallest absolute Gasteiger partial charge is 0.369 e. The van der Waals surface area contributed by atoms with Gasteiger partial charge in [0.25, 0.3) is 0 Å². The van der Waals surface area contributed by atoms with Crippen LogP contribution in [0.4, 0.5) is 4.39 Å². The van der Waals surface area contributed by atoms with Gasteiger partial charge in [-0.3, -0.25) is 23.9 Å². The Morgan fingerprint density at radius 2 is 1.59 bits per heavy atom. The first-order chi connectivity index (χ1) is 21.4. The third kappa shape index (κ3) is 8.94. The second-order valence-electron chi connectivity index (χ2n) is 11.4. The molecule has 1 aliphatic rings. The van der Waals surface area contributed by atoms with Crippen molar-refractivity contribution in [1.82, 2.24) is 9.78 Å². The monoisotopic (exact) mass is 652 g/mol. The molecule has 46 heavy (non-hydrogen) atoms. The normalized spacial score (nSPS) is 22.7. The molecule has 1 N–H and O–H groups in total. The first-order valence-electron chi connectivity index (χ1n) is 14.7. The molecule has 1 aliphatic heterocycles. The van der Waals surface area contributed by atoms with Crippen LogP contribution >= 0.6 is 0 Å². The zero-order valence-electron chi connectivity index (χ0n) is 27.3. The van der Waals surface area contributed by atoms with Crippen LogP contribution in [0.5, 0.6) is 11.6 Å². The topological polar surface area (TPSA) is 171 Å². The molecular weight excluding hydrogens is 611 g/mol. The summed E-state index contributed by atoms with van der Waals surface area (Å²) in [6.45, 7) is 12.7. The van der Waals surface area contributed by atoms with E-state index in [-0.39, 0.29) is 30.2 Å². The van der Waals surface area contributed by atoms with E-state index in [2.05, 4.69) is 5.10 Å². The van der Waals surface area contributed by atoms with Gasteiger partial charge in [0.15, 0.2) is 23.8 Å². The minimum atomic E-state index is -2.94. The number of carbonyl (C=O) groups is 4. The van der Waals surface area contributed by atoms with Crippen molar-refractivity contribution < 1.29 is 61.8 Å². The standard InChI is InChI=1S/C31H41FN2O12/c1-15(2)34-17(5)23(12-22-10-11-25(24(32)13-22)41-16(3)4)30(33-34)46-31(39)29(44-21(9)38)28(43-20(8)37)27(42-19(7)36)26(45-31)14-40-18(6)35/h10-11,13,15-16,26-29,39H,12,14H2,1-9H3/t26-,27-,28+,29-,31-/m1/s1. The molecule has 0 amide bonds. The molecule has 5 atom stereocenters. The predicted molar refractivity (Wildman–Crippen MR) is 156 cm³/mol. The molecule has 0 spiro atoms. The van der Waals surface area contributed by atoms with E-state index >= 15 is 0 Å². The third-order valence-electron chi connectivity index (χ3n) is 6.73. The summed E-state index contributed by atoms with van der Waals surface area (Å²) in [5, 5.41) is 16.5. The maximum atomic E-state index is 14.9. The summed E-state index contributed by atoms with van der Waals surface area (Å²) < 4.78 is 55.0. The van der Waals surface area contributed by atoms with Gasteiger partial charge in [-0.2, -0.15) is 0 Å². The van der Waals surface area contributed by atoms with Crippen LogP contribution in [0.2, 0.25) is 0 Å². The van der Waals surface area contributed by atoms with Gasteiger partial charge in [-0.25, -0.2) is 4.39 Å². The van der Waals surface area contributed by atoms with Crippen molar-refractivity contribution in [2.75, 3.05) is 6.61 Å². The van der Waals surface area contributed by atoms with E-state index in [1.165, 1.54) is 12.1 Å². The molecular formula is C31H41FN2O12. The second kappa shape index (κ2) is 14.9. The number of rotatable bonds is 12. The van der Waals surface area contributed by atoms with Gasteiger partial charge in [0, 0.05) is 51.4 Å². The van der Waals surface area contributed by atoms with Crippen LogP contribution in [0.25, 0.3) is 0 Å². The Morgan fingerprint density at radius 1 is 0.978 bits per heavy atom. The van der Waals surface area contributed by atoms with Crippen LogP contribution in [-0.4, -0.2) is 81.9 Å². The van der Waals surface area contributed by atoms with Gasteiger partial charge < -0.3 is 38.3 Å². The van der Waals surface area contributed by atoms with Crippen LogP contribution in [0.15, 0.2) is 18.2 Å². The molecule has 1 saturated heterocycles. The largest absolute Gasteiger partial charge is 0.488 e. The van der Waals surface area contributed by atoms with Gasteiger partial charge in [-0.15, -0.1) is 5.10 Å². The Kier molecular flexibility index (Phi) is 11.7. The minimum absolute atomic E-state index is 0.0708. The Bertz CT molecular complexity index is 1440. The van der Waals surface area contributed by atoms with Gasteiger partial charge in [0.2, 0.25) is 12.0 Å². The lowest BCUT2D eigenvalue weighted by molar-refractivity contribution is -0.422. The summed E-state index contributed by atoms with van der Waals surface area (Å²) in [5.41, 5.74) is 1.52. The summed E-state index contributed by atoms with van der Waals surface area (Å²) in [7, 11) is 0. The van der Waals surface area contributed by atoms with Crippen LogP contribution in [-0.2, 0) is 49.3 Å². The fraction of sp³-hybridized carbons (Fsp3) is 0.581. The molecule has 15 heteroatoms. The molecule has 0 bridgehead atoms. The maximum absolute atomic E-state index is 14.9. The van der Waals surface area contributed by atoms with Gasteiger partial charge >= 0.3 is 29.9 Å². The molecule has 2 heterocycles. The van der Waals surface area contributed by atoms with Crippen molar-refractivity contribution in [2.24, 2.45) is 0 Å². The fourth-order valence-corrected chi connectivity index (χ4v) is 4.99. The Balaban J connectivity index is 2.14. The highest BCUT2D eigenvalue weighted by Crippen LogP contribution is 2.38. The van der Waals surface area contributed by atoms with Crippen molar-refractivity contribution in [3.63, 3.8) is 0 Å². The molecule has 3 rings (SSSR count). The first kappa shape index (κ1) is 36.2.